The molecule has 3 amide bonds. The molecule has 0 aromatic rings. The predicted octanol–water partition coefficient (Wildman–Crippen LogP) is -0.197. The number of carbonyl (C=O) groups is 3. The van der Waals surface area contributed by atoms with Crippen molar-refractivity contribution < 1.29 is 19.5 Å². The largest absolute Gasteiger partial charge is 0.481 e. The number of urea groups is 1. The van der Waals surface area contributed by atoms with Crippen LogP contribution in [0.3, 0.4) is 0 Å². The van der Waals surface area contributed by atoms with E-state index in [1.165, 1.54) is 0 Å². The summed E-state index contributed by atoms with van der Waals surface area (Å²) in [6, 6.07) is -1.17. The topological polar surface area (TPSA) is 122 Å². The van der Waals surface area contributed by atoms with E-state index in [-0.39, 0.29) is 18.5 Å². The van der Waals surface area contributed by atoms with E-state index in [2.05, 4.69) is 10.6 Å². The third-order valence-corrected chi connectivity index (χ3v) is 3.03. The van der Waals surface area contributed by atoms with Gasteiger partial charge in [-0.1, -0.05) is 6.42 Å². The Hall–Kier alpha value is -1.79. The number of carboxylic acid groups (broad SMARTS) is 1. The summed E-state index contributed by atoms with van der Waals surface area (Å²) >= 11 is 0. The van der Waals surface area contributed by atoms with E-state index in [0.717, 1.165) is 6.42 Å². The van der Waals surface area contributed by atoms with Gasteiger partial charge in [0, 0.05) is 18.5 Å². The first-order valence-electron chi connectivity index (χ1n) is 5.98. The van der Waals surface area contributed by atoms with E-state index in [0.29, 0.717) is 12.8 Å². The Morgan fingerprint density at radius 1 is 1.39 bits per heavy atom. The van der Waals surface area contributed by atoms with Crippen LogP contribution >= 0.6 is 0 Å². The molecule has 0 aromatic carbocycles. The third kappa shape index (κ3) is 4.23. The molecule has 5 N–H and O–H groups in total. The smallest absolute Gasteiger partial charge is 0.315 e. The molecule has 0 heterocycles. The molecule has 0 aliphatic heterocycles. The van der Waals surface area contributed by atoms with Gasteiger partial charge in [0.15, 0.2) is 0 Å². The quantitative estimate of drug-likeness (QED) is 0.545. The van der Waals surface area contributed by atoms with Gasteiger partial charge in [-0.25, -0.2) is 4.79 Å². The minimum atomic E-state index is -0.886. The van der Waals surface area contributed by atoms with Crippen molar-refractivity contribution in [3.63, 3.8) is 0 Å². The zero-order valence-electron chi connectivity index (χ0n) is 10.3. The number of hydrogen-bond donors (Lipinski definition) is 4. The van der Waals surface area contributed by atoms with E-state index in [1.807, 2.05) is 0 Å². The van der Waals surface area contributed by atoms with Gasteiger partial charge in [0.2, 0.25) is 5.91 Å². The van der Waals surface area contributed by atoms with E-state index in [9.17, 15) is 14.4 Å². The van der Waals surface area contributed by atoms with Crippen LogP contribution in [0.4, 0.5) is 4.79 Å². The van der Waals surface area contributed by atoms with Crippen LogP contribution in [0, 0.1) is 5.92 Å². The predicted molar refractivity (Wildman–Crippen MR) is 63.7 cm³/mol. The van der Waals surface area contributed by atoms with Crippen LogP contribution in [-0.2, 0) is 9.59 Å². The molecule has 3 unspecified atom stereocenters. The Bertz CT molecular complexity index is 345. The lowest BCUT2D eigenvalue weighted by Crippen LogP contribution is -2.48. The summed E-state index contributed by atoms with van der Waals surface area (Å²) in [6.45, 7) is 1.66. The van der Waals surface area contributed by atoms with Gasteiger partial charge in [0.1, 0.15) is 0 Å². The van der Waals surface area contributed by atoms with Crippen LogP contribution in [0.15, 0.2) is 0 Å². The molecule has 0 saturated heterocycles. The molecule has 0 spiro atoms. The molecule has 0 radical (unpaired) electrons. The first kappa shape index (κ1) is 14.3. The second-order valence-electron chi connectivity index (χ2n) is 4.67. The highest BCUT2D eigenvalue weighted by Gasteiger charge is 2.33. The zero-order valence-corrected chi connectivity index (χ0v) is 10.3. The summed E-state index contributed by atoms with van der Waals surface area (Å²) in [4.78, 5) is 33.2. The molecule has 18 heavy (non-hydrogen) atoms. The molecular weight excluding hydrogens is 238 g/mol. The standard InChI is InChI=1S/C11H19N3O4/c1-6(5-9(12)15)13-11(18)14-8-4-2-3-7(8)10(16)17/h6-8H,2-5H2,1H3,(H2,12,15)(H,16,17)(H2,13,14,18). The van der Waals surface area contributed by atoms with E-state index >= 15 is 0 Å². The normalized spacial score (nSPS) is 24.3. The SMILES string of the molecule is CC(CC(N)=O)NC(=O)NC1CCCC1C(=O)O. The van der Waals surface area contributed by atoms with E-state index in [1.54, 1.807) is 6.92 Å². The van der Waals surface area contributed by atoms with Crippen molar-refractivity contribution in [3.8, 4) is 0 Å². The molecule has 1 saturated carbocycles. The number of amides is 3. The van der Waals surface area contributed by atoms with Crippen LogP contribution in [0.2, 0.25) is 0 Å². The molecule has 0 bridgehead atoms. The van der Waals surface area contributed by atoms with Crippen molar-refractivity contribution in [3.05, 3.63) is 0 Å². The summed E-state index contributed by atoms with van der Waals surface area (Å²) in [5.74, 6) is -1.91. The fourth-order valence-electron chi connectivity index (χ4n) is 2.22. The van der Waals surface area contributed by atoms with Gasteiger partial charge in [-0.3, -0.25) is 9.59 Å². The van der Waals surface area contributed by atoms with Crippen LogP contribution in [0.25, 0.3) is 0 Å². The summed E-state index contributed by atoms with van der Waals surface area (Å²) in [5.41, 5.74) is 5.01. The van der Waals surface area contributed by atoms with Crippen LogP contribution in [-0.4, -0.2) is 35.1 Å². The van der Waals surface area contributed by atoms with Crippen molar-refractivity contribution in [1.29, 1.82) is 0 Å². The number of aliphatic carboxylic acids is 1. The maximum absolute atomic E-state index is 11.6. The van der Waals surface area contributed by atoms with Gasteiger partial charge >= 0.3 is 12.0 Å². The second kappa shape index (κ2) is 6.23. The number of nitrogens with two attached hydrogens (primary N) is 1. The zero-order chi connectivity index (χ0) is 13.7. The van der Waals surface area contributed by atoms with Gasteiger partial charge < -0.3 is 21.5 Å². The van der Waals surface area contributed by atoms with Gasteiger partial charge in [-0.15, -0.1) is 0 Å². The molecule has 102 valence electrons. The number of carboxylic acids is 1. The average Bonchev–Trinajstić information content (AvgIpc) is 2.63. The molecule has 1 aliphatic rings. The fourth-order valence-corrected chi connectivity index (χ4v) is 2.22. The molecule has 0 aromatic heterocycles. The minimum Gasteiger partial charge on any atom is -0.481 e. The lowest BCUT2D eigenvalue weighted by molar-refractivity contribution is -0.142. The van der Waals surface area contributed by atoms with Crippen molar-refractivity contribution in [2.75, 3.05) is 0 Å². The Morgan fingerprint density at radius 3 is 2.61 bits per heavy atom. The molecule has 1 aliphatic carbocycles. The molecule has 1 fully saturated rings. The number of nitrogens with one attached hydrogen (secondary N) is 2. The number of hydrogen-bond acceptors (Lipinski definition) is 3. The number of rotatable bonds is 5. The monoisotopic (exact) mass is 257 g/mol. The van der Waals surface area contributed by atoms with Crippen molar-refractivity contribution in [2.24, 2.45) is 11.7 Å². The molecule has 1 rings (SSSR count). The minimum absolute atomic E-state index is 0.0560. The highest BCUT2D eigenvalue weighted by molar-refractivity contribution is 5.79. The third-order valence-electron chi connectivity index (χ3n) is 3.03. The maximum Gasteiger partial charge on any atom is 0.315 e. The summed E-state index contributed by atoms with van der Waals surface area (Å²) < 4.78 is 0. The average molecular weight is 257 g/mol. The van der Waals surface area contributed by atoms with E-state index < -0.39 is 23.8 Å². The lowest BCUT2D eigenvalue weighted by atomic mass is 10.0. The molecule has 3 atom stereocenters. The van der Waals surface area contributed by atoms with Crippen LogP contribution in [0.1, 0.15) is 32.6 Å². The second-order valence-corrected chi connectivity index (χ2v) is 4.67. The van der Waals surface area contributed by atoms with Gasteiger partial charge in [-0.2, -0.15) is 0 Å². The van der Waals surface area contributed by atoms with Crippen molar-refractivity contribution in [1.82, 2.24) is 10.6 Å². The first-order chi connectivity index (χ1) is 8.40. The molecule has 7 heteroatoms. The highest BCUT2D eigenvalue weighted by atomic mass is 16.4. The Balaban J connectivity index is 2.40. The van der Waals surface area contributed by atoms with Gasteiger partial charge in [0.25, 0.3) is 0 Å². The number of carbonyl (C=O) groups excluding carboxylic acids is 2. The summed E-state index contributed by atoms with van der Waals surface area (Å²) in [5, 5.41) is 14.1. The Labute approximate surface area is 105 Å². The van der Waals surface area contributed by atoms with Crippen LogP contribution in [0.5, 0.6) is 0 Å². The van der Waals surface area contributed by atoms with Crippen LogP contribution < -0.4 is 16.4 Å². The molecule has 7 nitrogen and oxygen atoms in total. The van der Waals surface area contributed by atoms with E-state index in [4.69, 9.17) is 10.8 Å². The van der Waals surface area contributed by atoms with Crippen molar-refractivity contribution >= 4 is 17.9 Å². The Morgan fingerprint density at radius 2 is 2.06 bits per heavy atom. The van der Waals surface area contributed by atoms with Gasteiger partial charge in [0.05, 0.1) is 5.92 Å². The molecular formula is C11H19N3O4. The summed E-state index contributed by atoms with van der Waals surface area (Å²) in [6.07, 6.45) is 2.09. The fraction of sp³-hybridized carbons (Fsp3) is 0.727. The summed E-state index contributed by atoms with van der Waals surface area (Å²) in [7, 11) is 0. The lowest BCUT2D eigenvalue weighted by Gasteiger charge is -2.19. The number of primary amides is 1. The van der Waals surface area contributed by atoms with Crippen molar-refractivity contribution in [2.45, 2.75) is 44.7 Å². The Kier molecular flexibility index (Phi) is 4.94. The van der Waals surface area contributed by atoms with Gasteiger partial charge in [-0.05, 0) is 19.8 Å². The maximum atomic E-state index is 11.6. The first-order valence-corrected chi connectivity index (χ1v) is 5.98. The highest BCUT2D eigenvalue weighted by Crippen LogP contribution is 2.25.